The fourth-order valence-corrected chi connectivity index (χ4v) is 2.74. The zero-order chi connectivity index (χ0) is 19.4. The molecule has 3 aromatic rings. The van der Waals surface area contributed by atoms with Crippen molar-refractivity contribution in [2.75, 3.05) is 27.9 Å². The zero-order valence-electron chi connectivity index (χ0n) is 15.2. The molecule has 0 saturated carbocycles. The van der Waals surface area contributed by atoms with Gasteiger partial charge in [0, 0.05) is 0 Å². The fourth-order valence-electron chi connectivity index (χ4n) is 2.74. The summed E-state index contributed by atoms with van der Waals surface area (Å²) in [5.41, 5.74) is 0.0720. The quantitative estimate of drug-likeness (QED) is 0.633. The van der Waals surface area contributed by atoms with Crippen molar-refractivity contribution in [3.05, 3.63) is 52.8 Å². The van der Waals surface area contributed by atoms with Crippen LogP contribution < -0.4 is 24.5 Å². The number of halogens is 1. The van der Waals surface area contributed by atoms with E-state index in [2.05, 4.69) is 4.98 Å². The SMILES string of the molecule is COc1cc2c(=O)n(CCOc3ccccc3F)cnc2c(OC)c1OC. The molecule has 7 nitrogen and oxygen atoms in total. The largest absolute Gasteiger partial charge is 0.493 e. The van der Waals surface area contributed by atoms with E-state index in [0.717, 1.165) is 0 Å². The minimum Gasteiger partial charge on any atom is -0.493 e. The summed E-state index contributed by atoms with van der Waals surface area (Å²) in [6, 6.07) is 7.65. The Kier molecular flexibility index (Phi) is 5.44. The molecule has 0 spiro atoms. The highest BCUT2D eigenvalue weighted by molar-refractivity contribution is 5.89. The van der Waals surface area contributed by atoms with Crippen LogP contribution in [0.1, 0.15) is 0 Å². The normalized spacial score (nSPS) is 10.7. The van der Waals surface area contributed by atoms with Gasteiger partial charge in [-0.05, 0) is 18.2 Å². The Balaban J connectivity index is 1.93. The van der Waals surface area contributed by atoms with E-state index in [1.807, 2.05) is 0 Å². The maximum Gasteiger partial charge on any atom is 0.261 e. The molecule has 0 unspecified atom stereocenters. The molecule has 0 atom stereocenters. The average Bonchev–Trinajstić information content (AvgIpc) is 2.69. The molecule has 27 heavy (non-hydrogen) atoms. The van der Waals surface area contributed by atoms with E-state index < -0.39 is 5.82 Å². The lowest BCUT2D eigenvalue weighted by atomic mass is 10.2. The van der Waals surface area contributed by atoms with Crippen LogP contribution in [0.15, 0.2) is 41.5 Å². The second-order valence-corrected chi connectivity index (χ2v) is 5.56. The molecule has 8 heteroatoms. The Labute approximate surface area is 154 Å². The highest BCUT2D eigenvalue weighted by Gasteiger charge is 2.19. The van der Waals surface area contributed by atoms with Crippen molar-refractivity contribution >= 4 is 10.9 Å². The zero-order valence-corrected chi connectivity index (χ0v) is 15.2. The number of hydrogen-bond acceptors (Lipinski definition) is 6. The number of rotatable bonds is 7. The van der Waals surface area contributed by atoms with Gasteiger partial charge in [0.2, 0.25) is 5.75 Å². The van der Waals surface area contributed by atoms with Crippen LogP contribution in [0.4, 0.5) is 4.39 Å². The summed E-state index contributed by atoms with van der Waals surface area (Å²) in [5, 5.41) is 0.317. The van der Waals surface area contributed by atoms with E-state index in [0.29, 0.717) is 28.2 Å². The molecule has 2 aromatic carbocycles. The number of ether oxygens (including phenoxy) is 4. The monoisotopic (exact) mass is 374 g/mol. The third-order valence-electron chi connectivity index (χ3n) is 4.05. The van der Waals surface area contributed by atoms with Crippen LogP contribution in [-0.2, 0) is 6.54 Å². The van der Waals surface area contributed by atoms with Gasteiger partial charge in [0.25, 0.3) is 5.56 Å². The summed E-state index contributed by atoms with van der Waals surface area (Å²) in [7, 11) is 4.42. The summed E-state index contributed by atoms with van der Waals surface area (Å²) >= 11 is 0. The van der Waals surface area contributed by atoms with Crippen molar-refractivity contribution in [2.24, 2.45) is 0 Å². The lowest BCUT2D eigenvalue weighted by Crippen LogP contribution is -2.24. The number of fused-ring (bicyclic) bond motifs is 1. The van der Waals surface area contributed by atoms with Gasteiger partial charge in [0.1, 0.15) is 12.1 Å². The number of benzene rings is 2. The third-order valence-corrected chi connectivity index (χ3v) is 4.05. The van der Waals surface area contributed by atoms with E-state index in [4.69, 9.17) is 18.9 Å². The van der Waals surface area contributed by atoms with Gasteiger partial charge in [-0.2, -0.15) is 0 Å². The summed E-state index contributed by atoms with van der Waals surface area (Å²) in [6.07, 6.45) is 1.39. The molecule has 0 aliphatic carbocycles. The summed E-state index contributed by atoms with van der Waals surface area (Å²) in [4.78, 5) is 17.1. The minimum atomic E-state index is -0.456. The second kappa shape index (κ2) is 7.94. The second-order valence-electron chi connectivity index (χ2n) is 5.56. The van der Waals surface area contributed by atoms with Gasteiger partial charge in [-0.3, -0.25) is 9.36 Å². The summed E-state index contributed by atoms with van der Waals surface area (Å²) in [5.74, 6) is 0.718. The number of methoxy groups -OCH3 is 3. The molecule has 1 heterocycles. The Morgan fingerprint density at radius 3 is 2.44 bits per heavy atom. The van der Waals surface area contributed by atoms with Gasteiger partial charge < -0.3 is 18.9 Å². The molecule has 142 valence electrons. The molecule has 1 aromatic heterocycles. The molecule has 0 fully saturated rings. The lowest BCUT2D eigenvalue weighted by Gasteiger charge is -2.15. The molecule has 0 saturated heterocycles. The fraction of sp³-hybridized carbons (Fsp3) is 0.263. The van der Waals surface area contributed by atoms with E-state index in [1.165, 1.54) is 44.4 Å². The molecule has 0 aliphatic rings. The van der Waals surface area contributed by atoms with Gasteiger partial charge in [-0.1, -0.05) is 12.1 Å². The van der Waals surface area contributed by atoms with Gasteiger partial charge >= 0.3 is 0 Å². The van der Waals surface area contributed by atoms with Crippen LogP contribution in [0.3, 0.4) is 0 Å². The van der Waals surface area contributed by atoms with Gasteiger partial charge in [-0.15, -0.1) is 0 Å². The molecule has 0 aliphatic heterocycles. The number of aromatic nitrogens is 2. The predicted octanol–water partition coefficient (Wildman–Crippen LogP) is 2.64. The molecule has 0 bridgehead atoms. The van der Waals surface area contributed by atoms with Crippen LogP contribution in [0.25, 0.3) is 10.9 Å². The molecule has 3 rings (SSSR count). The Hall–Kier alpha value is -3.29. The van der Waals surface area contributed by atoms with Crippen molar-refractivity contribution in [2.45, 2.75) is 6.54 Å². The Morgan fingerprint density at radius 1 is 1.04 bits per heavy atom. The van der Waals surface area contributed by atoms with Gasteiger partial charge in [0.15, 0.2) is 23.1 Å². The Morgan fingerprint density at radius 2 is 1.78 bits per heavy atom. The minimum absolute atomic E-state index is 0.110. The molecular formula is C19H19FN2O5. The van der Waals surface area contributed by atoms with Gasteiger partial charge in [0.05, 0.1) is 39.6 Å². The standard InChI is InChI=1S/C19H19FN2O5/c1-24-15-10-12-16(18(26-3)17(15)25-2)21-11-22(19(12)23)8-9-27-14-7-5-4-6-13(14)20/h4-7,10-11H,8-9H2,1-3H3. The first-order valence-corrected chi connectivity index (χ1v) is 8.16. The van der Waals surface area contributed by atoms with E-state index in [9.17, 15) is 9.18 Å². The highest BCUT2D eigenvalue weighted by atomic mass is 19.1. The van der Waals surface area contributed by atoms with Crippen LogP contribution in [0.5, 0.6) is 23.0 Å². The first kappa shape index (κ1) is 18.5. The molecule has 0 amide bonds. The van der Waals surface area contributed by atoms with Crippen LogP contribution >= 0.6 is 0 Å². The van der Waals surface area contributed by atoms with E-state index in [1.54, 1.807) is 18.2 Å². The maximum atomic E-state index is 13.6. The molecule has 0 N–H and O–H groups in total. The first-order chi connectivity index (χ1) is 13.1. The molecule has 0 radical (unpaired) electrons. The third kappa shape index (κ3) is 3.51. The van der Waals surface area contributed by atoms with E-state index in [-0.39, 0.29) is 24.5 Å². The number of hydrogen-bond donors (Lipinski definition) is 0. The van der Waals surface area contributed by atoms with Crippen molar-refractivity contribution < 1.29 is 23.3 Å². The smallest absolute Gasteiger partial charge is 0.261 e. The Bertz CT molecular complexity index is 1020. The summed E-state index contributed by atoms with van der Waals surface area (Å²) in [6.45, 7) is 0.311. The van der Waals surface area contributed by atoms with Crippen LogP contribution in [0, 0.1) is 5.82 Å². The van der Waals surface area contributed by atoms with Crippen molar-refractivity contribution in [1.82, 2.24) is 9.55 Å². The summed E-state index contributed by atoms with van der Waals surface area (Å²) < 4.78 is 36.3. The first-order valence-electron chi connectivity index (χ1n) is 8.16. The lowest BCUT2D eigenvalue weighted by molar-refractivity contribution is 0.282. The van der Waals surface area contributed by atoms with E-state index >= 15 is 0 Å². The topological polar surface area (TPSA) is 71.8 Å². The van der Waals surface area contributed by atoms with Crippen LogP contribution in [-0.4, -0.2) is 37.5 Å². The maximum absolute atomic E-state index is 13.6. The van der Waals surface area contributed by atoms with Crippen molar-refractivity contribution in [1.29, 1.82) is 0 Å². The van der Waals surface area contributed by atoms with Crippen molar-refractivity contribution in [3.8, 4) is 23.0 Å². The van der Waals surface area contributed by atoms with Crippen LogP contribution in [0.2, 0.25) is 0 Å². The molecular weight excluding hydrogens is 355 g/mol. The van der Waals surface area contributed by atoms with Gasteiger partial charge in [-0.25, -0.2) is 9.37 Å². The average molecular weight is 374 g/mol. The number of para-hydroxylation sites is 1. The predicted molar refractivity (Wildman–Crippen MR) is 97.6 cm³/mol. The number of nitrogens with zero attached hydrogens (tertiary/aromatic N) is 2. The van der Waals surface area contributed by atoms with Crippen molar-refractivity contribution in [3.63, 3.8) is 0 Å². The highest BCUT2D eigenvalue weighted by Crippen LogP contribution is 2.41.